The van der Waals surface area contributed by atoms with Crippen molar-refractivity contribution in [2.75, 3.05) is 14.2 Å². The van der Waals surface area contributed by atoms with Crippen LogP contribution in [-0.2, 0) is 19.1 Å². The van der Waals surface area contributed by atoms with Gasteiger partial charge in [-0.2, -0.15) is 0 Å². The van der Waals surface area contributed by atoms with Crippen LogP contribution in [0.3, 0.4) is 0 Å². The number of methoxy groups -OCH3 is 2. The summed E-state index contributed by atoms with van der Waals surface area (Å²) in [5.74, 6) is 3.20. The molecule has 0 aromatic carbocycles. The fourth-order valence-corrected chi connectivity index (χ4v) is 1.37. The van der Waals surface area contributed by atoms with E-state index in [9.17, 15) is 9.59 Å². The van der Waals surface area contributed by atoms with E-state index >= 15 is 0 Å². The third kappa shape index (κ3) is 2.77. The van der Waals surface area contributed by atoms with E-state index in [4.69, 9.17) is 12.8 Å². The standard InChI is InChI=1S/C12H14O4/c1-5-7-9-12(8-6-2,10(13)15-3)11(14)16-4/h1-2H,7-9H2,3-4H3. The molecule has 0 radical (unpaired) electrons. The van der Waals surface area contributed by atoms with Gasteiger partial charge in [0.1, 0.15) is 0 Å². The molecular formula is C12H14O4. The van der Waals surface area contributed by atoms with Crippen LogP contribution < -0.4 is 0 Å². The summed E-state index contributed by atoms with van der Waals surface area (Å²) in [5, 5.41) is 0. The fourth-order valence-electron chi connectivity index (χ4n) is 1.37. The minimum Gasteiger partial charge on any atom is -0.468 e. The van der Waals surface area contributed by atoms with Crippen molar-refractivity contribution < 1.29 is 19.1 Å². The molecule has 0 spiro atoms. The van der Waals surface area contributed by atoms with E-state index < -0.39 is 17.4 Å². The highest BCUT2D eigenvalue weighted by Crippen LogP contribution is 2.31. The zero-order chi connectivity index (χ0) is 12.6. The highest BCUT2D eigenvalue weighted by atomic mass is 16.5. The van der Waals surface area contributed by atoms with Gasteiger partial charge in [0.05, 0.1) is 14.2 Å². The van der Waals surface area contributed by atoms with Crippen LogP contribution in [0.4, 0.5) is 0 Å². The van der Waals surface area contributed by atoms with Crippen LogP contribution in [0, 0.1) is 30.1 Å². The molecule has 0 unspecified atom stereocenters. The molecule has 0 fully saturated rings. The molecule has 0 aliphatic heterocycles. The van der Waals surface area contributed by atoms with Gasteiger partial charge in [0.2, 0.25) is 0 Å². The van der Waals surface area contributed by atoms with E-state index in [0.29, 0.717) is 0 Å². The zero-order valence-corrected chi connectivity index (χ0v) is 9.41. The normalized spacial score (nSPS) is 9.75. The number of esters is 2. The molecule has 0 bridgehead atoms. The largest absolute Gasteiger partial charge is 0.468 e. The Morgan fingerprint density at radius 1 is 1.12 bits per heavy atom. The maximum Gasteiger partial charge on any atom is 0.324 e. The van der Waals surface area contributed by atoms with Crippen molar-refractivity contribution in [3.63, 3.8) is 0 Å². The quantitative estimate of drug-likeness (QED) is 0.391. The molecule has 0 N–H and O–H groups in total. The SMILES string of the molecule is C#CCCC(CC#C)(C(=O)OC)C(=O)OC. The number of terminal acetylenes is 2. The molecule has 0 heterocycles. The third-order valence-electron chi connectivity index (χ3n) is 2.25. The predicted molar refractivity (Wildman–Crippen MR) is 58.0 cm³/mol. The fraction of sp³-hybridized carbons (Fsp3) is 0.500. The van der Waals surface area contributed by atoms with Crippen molar-refractivity contribution in [2.45, 2.75) is 19.3 Å². The molecule has 16 heavy (non-hydrogen) atoms. The van der Waals surface area contributed by atoms with Crippen LogP contribution in [0.25, 0.3) is 0 Å². The molecule has 0 rings (SSSR count). The maximum absolute atomic E-state index is 11.6. The average Bonchev–Trinajstić information content (AvgIpc) is 2.32. The van der Waals surface area contributed by atoms with Gasteiger partial charge in [0, 0.05) is 12.8 Å². The van der Waals surface area contributed by atoms with Crippen molar-refractivity contribution in [3.8, 4) is 24.7 Å². The van der Waals surface area contributed by atoms with Gasteiger partial charge in [0.25, 0.3) is 0 Å². The Kier molecular flexibility index (Phi) is 5.74. The molecule has 0 aliphatic rings. The number of ether oxygens (including phenoxy) is 2. The Labute approximate surface area is 95.3 Å². The molecule has 0 saturated heterocycles. The summed E-state index contributed by atoms with van der Waals surface area (Å²) in [6, 6.07) is 0. The summed E-state index contributed by atoms with van der Waals surface area (Å²) >= 11 is 0. The van der Waals surface area contributed by atoms with E-state index in [-0.39, 0.29) is 19.3 Å². The van der Waals surface area contributed by atoms with Crippen LogP contribution >= 0.6 is 0 Å². The zero-order valence-electron chi connectivity index (χ0n) is 9.41. The van der Waals surface area contributed by atoms with Crippen LogP contribution in [0.1, 0.15) is 19.3 Å². The van der Waals surface area contributed by atoms with E-state index in [1.54, 1.807) is 0 Å². The van der Waals surface area contributed by atoms with Gasteiger partial charge in [-0.25, -0.2) is 0 Å². The number of hydrogen-bond donors (Lipinski definition) is 0. The predicted octanol–water partition coefficient (Wildman–Crippen LogP) is 0.755. The van der Waals surface area contributed by atoms with Gasteiger partial charge in [-0.1, -0.05) is 0 Å². The highest BCUT2D eigenvalue weighted by molar-refractivity contribution is 6.00. The summed E-state index contributed by atoms with van der Waals surface area (Å²) in [6.45, 7) is 0. The topological polar surface area (TPSA) is 52.6 Å². The monoisotopic (exact) mass is 222 g/mol. The van der Waals surface area contributed by atoms with Crippen molar-refractivity contribution >= 4 is 11.9 Å². The number of rotatable bonds is 5. The number of hydrogen-bond acceptors (Lipinski definition) is 4. The van der Waals surface area contributed by atoms with E-state index in [0.717, 1.165) is 0 Å². The first kappa shape index (κ1) is 14.1. The van der Waals surface area contributed by atoms with Gasteiger partial charge < -0.3 is 9.47 Å². The molecule has 0 saturated carbocycles. The minimum atomic E-state index is -1.48. The second kappa shape index (κ2) is 6.53. The van der Waals surface area contributed by atoms with Crippen molar-refractivity contribution in [2.24, 2.45) is 5.41 Å². The Morgan fingerprint density at radius 3 is 1.94 bits per heavy atom. The molecule has 4 nitrogen and oxygen atoms in total. The van der Waals surface area contributed by atoms with Crippen molar-refractivity contribution in [1.82, 2.24) is 0 Å². The molecular weight excluding hydrogens is 208 g/mol. The Bertz CT molecular complexity index is 327. The highest BCUT2D eigenvalue weighted by Gasteiger charge is 2.47. The van der Waals surface area contributed by atoms with E-state index in [1.165, 1.54) is 14.2 Å². The Morgan fingerprint density at radius 2 is 1.62 bits per heavy atom. The Balaban J connectivity index is 5.23. The molecule has 0 aliphatic carbocycles. The molecule has 4 heteroatoms. The molecule has 0 aromatic heterocycles. The lowest BCUT2D eigenvalue weighted by atomic mass is 9.80. The second-order valence-corrected chi connectivity index (χ2v) is 3.15. The molecule has 0 amide bonds. The van der Waals surface area contributed by atoms with Gasteiger partial charge in [0.15, 0.2) is 5.41 Å². The first-order valence-electron chi connectivity index (χ1n) is 4.62. The summed E-state index contributed by atoms with van der Waals surface area (Å²) in [4.78, 5) is 23.3. The van der Waals surface area contributed by atoms with Crippen LogP contribution in [0.5, 0.6) is 0 Å². The van der Waals surface area contributed by atoms with Gasteiger partial charge >= 0.3 is 11.9 Å². The van der Waals surface area contributed by atoms with Crippen LogP contribution in [-0.4, -0.2) is 26.2 Å². The first-order valence-corrected chi connectivity index (χ1v) is 4.62. The lowest BCUT2D eigenvalue weighted by Gasteiger charge is -2.25. The van der Waals surface area contributed by atoms with Gasteiger partial charge in [-0.05, 0) is 6.42 Å². The number of carbonyl (C=O) groups is 2. The lowest BCUT2D eigenvalue weighted by molar-refractivity contribution is -0.169. The smallest absolute Gasteiger partial charge is 0.324 e. The number of carbonyl (C=O) groups excluding carboxylic acids is 2. The minimum absolute atomic E-state index is 0.0893. The van der Waals surface area contributed by atoms with Crippen molar-refractivity contribution in [1.29, 1.82) is 0 Å². The maximum atomic E-state index is 11.6. The summed E-state index contributed by atoms with van der Waals surface area (Å²) in [7, 11) is 2.37. The van der Waals surface area contributed by atoms with Gasteiger partial charge in [-0.3, -0.25) is 9.59 Å². The molecule has 0 atom stereocenters. The van der Waals surface area contributed by atoms with E-state index in [2.05, 4.69) is 21.3 Å². The van der Waals surface area contributed by atoms with Crippen LogP contribution in [0.2, 0.25) is 0 Å². The lowest BCUT2D eigenvalue weighted by Crippen LogP contribution is -2.41. The second-order valence-electron chi connectivity index (χ2n) is 3.15. The van der Waals surface area contributed by atoms with Crippen molar-refractivity contribution in [3.05, 3.63) is 0 Å². The first-order chi connectivity index (χ1) is 7.58. The third-order valence-corrected chi connectivity index (χ3v) is 2.25. The van der Waals surface area contributed by atoms with Gasteiger partial charge in [-0.15, -0.1) is 24.7 Å². The summed E-state index contributed by atoms with van der Waals surface area (Å²) in [5.41, 5.74) is -1.48. The Hall–Kier alpha value is -1.94. The van der Waals surface area contributed by atoms with E-state index in [1.807, 2.05) is 0 Å². The summed E-state index contributed by atoms with van der Waals surface area (Å²) < 4.78 is 9.17. The van der Waals surface area contributed by atoms with Crippen LogP contribution in [0.15, 0.2) is 0 Å². The molecule has 0 aromatic rings. The molecule has 86 valence electrons. The summed E-state index contributed by atoms with van der Waals surface area (Å²) in [6.07, 6.45) is 10.5. The average molecular weight is 222 g/mol.